The van der Waals surface area contributed by atoms with Crippen molar-refractivity contribution in [3.05, 3.63) is 70.8 Å². The summed E-state index contributed by atoms with van der Waals surface area (Å²) in [5.74, 6) is 16.7. The SMILES string of the molecule is CCC1CCC(C2CCC(C)CC2)CC1.CCCC1CCC(C2CCC(CC)CC2)CC1.CCCC1CCC(C2CCC(c3ccc(C)cc3)CC2)CC1.CCCc1ccc(C2CCC(C3CCC(CCC)CC3)CC2)cc1.[HH].[HH].[HH].[HH].[HH].[HH].[HH].[HH]. The van der Waals surface area contributed by atoms with Crippen molar-refractivity contribution in [2.45, 2.75) is 337 Å². The molecule has 0 unspecified atom stereocenters. The number of aryl methyl sites for hydroxylation is 2. The minimum atomic E-state index is 0. The predicted molar refractivity (Wildman–Crippen MR) is 362 cm³/mol. The highest BCUT2D eigenvalue weighted by atomic mass is 14.4. The molecular formula is C78H148. The fraction of sp³-hybridized carbons (Fsp3) is 0.846. The van der Waals surface area contributed by atoms with E-state index in [9.17, 15) is 0 Å². The van der Waals surface area contributed by atoms with Crippen molar-refractivity contribution in [2.24, 2.45) is 82.9 Å². The monoisotopic (exact) mass is 1090 g/mol. The van der Waals surface area contributed by atoms with Crippen LogP contribution in [-0.4, -0.2) is 0 Å². The molecule has 2 aromatic rings. The van der Waals surface area contributed by atoms with Gasteiger partial charge in [-0.25, -0.2) is 0 Å². The first-order chi connectivity index (χ1) is 38.2. The van der Waals surface area contributed by atoms with Crippen molar-refractivity contribution in [1.82, 2.24) is 0 Å². The van der Waals surface area contributed by atoms with Crippen LogP contribution in [0.4, 0.5) is 0 Å². The van der Waals surface area contributed by atoms with E-state index in [0.717, 1.165) is 94.7 Å². The standard InChI is InChI=1S/C24H38.C22H34.C17H32.C15H28.8H2/c1-3-5-19-7-11-21(12-8-19)23-15-17-24(18-16-23)22-13-9-20(6-4-2)10-14-22;1-3-4-18-7-11-20(12-8-18)22-15-13-21(14-16-22)19-9-5-17(2)6-10-19;1-3-5-15-8-12-17(13-9-15)16-10-6-14(4-2)7-11-16;1-3-13-6-10-15(11-7-13)14-8-4-12(2)5-9-14;;;;;;;;/h7-8,11-12,20,22-24H,3-6,9-10,13-18H2,1-2H3;5-6,9-10,18,20-22H,3-4,7-8,11-16H2,1-2H3;14-17H,3-13H2,1-2H3;12-15H,3-11H2,1-2H3;8*1H. The maximum Gasteiger partial charge on any atom is 0 e. The van der Waals surface area contributed by atoms with Gasteiger partial charge >= 0.3 is 0 Å². The van der Waals surface area contributed by atoms with E-state index in [1.807, 2.05) is 0 Å². The van der Waals surface area contributed by atoms with Crippen molar-refractivity contribution < 1.29 is 11.4 Å². The topological polar surface area (TPSA) is 0 Å². The van der Waals surface area contributed by atoms with Crippen LogP contribution in [-0.2, 0) is 6.42 Å². The zero-order valence-corrected chi connectivity index (χ0v) is 53.6. The molecule has 0 radical (unpaired) electrons. The lowest BCUT2D eigenvalue weighted by atomic mass is 9.68. The molecule has 0 N–H and O–H groups in total. The lowest BCUT2D eigenvalue weighted by Crippen LogP contribution is -2.25. The normalized spacial score (nSPS) is 35.6. The van der Waals surface area contributed by atoms with E-state index in [4.69, 9.17) is 0 Å². The smallest absolute Gasteiger partial charge is 0 e. The van der Waals surface area contributed by atoms with Crippen LogP contribution < -0.4 is 0 Å². The van der Waals surface area contributed by atoms with Gasteiger partial charge in [0.05, 0.1) is 0 Å². The van der Waals surface area contributed by atoms with Crippen LogP contribution in [0.3, 0.4) is 0 Å². The molecule has 0 nitrogen and oxygen atoms in total. The number of hydrogen-bond donors (Lipinski definition) is 0. The highest BCUT2D eigenvalue weighted by Crippen LogP contribution is 2.48. The minimum Gasteiger partial charge on any atom is -0.0654 e. The molecule has 10 rings (SSSR count). The molecule has 8 saturated carbocycles. The zero-order valence-electron chi connectivity index (χ0n) is 53.6. The Bertz CT molecular complexity index is 1790. The Morgan fingerprint density at radius 2 is 0.551 bits per heavy atom. The van der Waals surface area contributed by atoms with Crippen LogP contribution in [0.25, 0.3) is 0 Å². The lowest BCUT2D eigenvalue weighted by Gasteiger charge is -2.38. The van der Waals surface area contributed by atoms with Gasteiger partial charge in [-0.1, -0.05) is 237 Å². The third-order valence-corrected chi connectivity index (χ3v) is 24.5. The molecule has 0 aromatic heterocycles. The molecule has 460 valence electrons. The maximum atomic E-state index is 2.43. The summed E-state index contributed by atoms with van der Waals surface area (Å²) in [4.78, 5) is 0. The Hall–Kier alpha value is -1.56. The summed E-state index contributed by atoms with van der Waals surface area (Å²) >= 11 is 0. The molecule has 2 aromatic carbocycles. The summed E-state index contributed by atoms with van der Waals surface area (Å²) in [6, 6.07) is 18.9. The second-order valence-corrected chi connectivity index (χ2v) is 29.7. The maximum absolute atomic E-state index is 2.43. The van der Waals surface area contributed by atoms with Gasteiger partial charge in [0.25, 0.3) is 0 Å². The molecule has 0 aliphatic heterocycles. The van der Waals surface area contributed by atoms with Gasteiger partial charge in [-0.05, 0) is 253 Å². The van der Waals surface area contributed by atoms with Crippen molar-refractivity contribution in [2.75, 3.05) is 0 Å². The Morgan fingerprint density at radius 3 is 0.821 bits per heavy atom. The van der Waals surface area contributed by atoms with Crippen LogP contribution >= 0.6 is 0 Å². The van der Waals surface area contributed by atoms with Crippen LogP contribution in [0.1, 0.15) is 357 Å². The number of rotatable bonds is 16. The van der Waals surface area contributed by atoms with Crippen LogP contribution in [0.2, 0.25) is 0 Å². The molecule has 0 bridgehead atoms. The molecule has 0 atom stereocenters. The molecule has 0 spiro atoms. The fourth-order valence-electron chi connectivity index (χ4n) is 18.9. The third kappa shape index (κ3) is 20.9. The van der Waals surface area contributed by atoms with Crippen molar-refractivity contribution >= 4 is 0 Å². The van der Waals surface area contributed by atoms with Gasteiger partial charge in [0.1, 0.15) is 0 Å². The van der Waals surface area contributed by atoms with Crippen molar-refractivity contribution in [3.63, 3.8) is 0 Å². The molecule has 0 saturated heterocycles. The predicted octanol–water partition coefficient (Wildman–Crippen LogP) is 27.2. The molecule has 8 fully saturated rings. The van der Waals surface area contributed by atoms with Gasteiger partial charge in [-0.15, -0.1) is 0 Å². The first kappa shape index (κ1) is 64.0. The van der Waals surface area contributed by atoms with E-state index in [-0.39, 0.29) is 11.4 Å². The summed E-state index contributed by atoms with van der Waals surface area (Å²) < 4.78 is 0. The first-order valence-corrected chi connectivity index (χ1v) is 36.3. The molecule has 0 heteroatoms. The molecule has 0 heterocycles. The Kier molecular flexibility index (Phi) is 29.2. The molecule has 8 aliphatic carbocycles. The summed E-state index contributed by atoms with van der Waals surface area (Å²) in [6.45, 7) is 18.7. The third-order valence-electron chi connectivity index (χ3n) is 24.5. The van der Waals surface area contributed by atoms with Gasteiger partial charge in [0.15, 0.2) is 0 Å². The summed E-state index contributed by atoms with van der Waals surface area (Å²) in [5.41, 5.74) is 6.11. The number of hydrogen-bond acceptors (Lipinski definition) is 0. The molecule has 0 amide bonds. The summed E-state index contributed by atoms with van der Waals surface area (Å²) in [7, 11) is 0. The number of benzene rings is 2. The average Bonchev–Trinajstić information content (AvgIpc) is 3.55. The van der Waals surface area contributed by atoms with Crippen LogP contribution in [0, 0.1) is 89.8 Å². The Morgan fingerprint density at radius 1 is 0.295 bits per heavy atom. The van der Waals surface area contributed by atoms with E-state index < -0.39 is 0 Å². The van der Waals surface area contributed by atoms with E-state index in [1.165, 1.54) is 217 Å². The largest absolute Gasteiger partial charge is 0.0654 e. The van der Waals surface area contributed by atoms with E-state index in [2.05, 4.69) is 104 Å². The second kappa shape index (κ2) is 35.5. The highest BCUT2D eigenvalue weighted by Gasteiger charge is 2.34. The lowest BCUT2D eigenvalue weighted by molar-refractivity contribution is 0.142. The van der Waals surface area contributed by atoms with E-state index >= 15 is 0 Å². The second-order valence-electron chi connectivity index (χ2n) is 29.7. The Labute approximate surface area is 499 Å². The van der Waals surface area contributed by atoms with Gasteiger partial charge in [0.2, 0.25) is 0 Å². The molecular weight excluding hydrogens is 937 g/mol. The zero-order chi connectivity index (χ0) is 54.9. The first-order valence-electron chi connectivity index (χ1n) is 36.3. The van der Waals surface area contributed by atoms with Gasteiger partial charge < -0.3 is 0 Å². The summed E-state index contributed by atoms with van der Waals surface area (Å²) in [6.07, 6.45) is 62.6. The van der Waals surface area contributed by atoms with Crippen molar-refractivity contribution in [1.29, 1.82) is 0 Å². The van der Waals surface area contributed by atoms with Crippen molar-refractivity contribution in [3.8, 4) is 0 Å². The van der Waals surface area contributed by atoms with Gasteiger partial charge in [0, 0.05) is 11.4 Å². The highest BCUT2D eigenvalue weighted by molar-refractivity contribution is 5.26. The van der Waals surface area contributed by atoms with E-state index in [1.54, 1.807) is 75.3 Å². The van der Waals surface area contributed by atoms with Gasteiger partial charge in [-0.3, -0.25) is 0 Å². The average molecular weight is 1090 g/mol. The Balaban J connectivity index is 0. The molecule has 8 aliphatic rings. The van der Waals surface area contributed by atoms with Crippen LogP contribution in [0.5, 0.6) is 0 Å². The van der Waals surface area contributed by atoms with E-state index in [0.29, 0.717) is 0 Å². The fourth-order valence-corrected chi connectivity index (χ4v) is 18.9. The van der Waals surface area contributed by atoms with Crippen LogP contribution in [0.15, 0.2) is 48.5 Å². The minimum absolute atomic E-state index is 0. The molecule has 78 heavy (non-hydrogen) atoms. The van der Waals surface area contributed by atoms with Gasteiger partial charge in [-0.2, -0.15) is 0 Å². The quantitative estimate of drug-likeness (QED) is 0.157. The summed E-state index contributed by atoms with van der Waals surface area (Å²) in [5, 5.41) is 0.